The van der Waals surface area contributed by atoms with Crippen LogP contribution in [0.15, 0.2) is 174 Å². The molecule has 4 heterocycles. The smallest absolute Gasteiger partial charge is 0.235 e. The van der Waals surface area contributed by atoms with Crippen LogP contribution in [0.3, 0.4) is 0 Å². The Labute approximate surface area is 302 Å². The van der Waals surface area contributed by atoms with E-state index in [-0.39, 0.29) is 0 Å². The van der Waals surface area contributed by atoms with E-state index in [0.29, 0.717) is 5.95 Å². The summed E-state index contributed by atoms with van der Waals surface area (Å²) in [6.07, 6.45) is 0. The van der Waals surface area contributed by atoms with Crippen molar-refractivity contribution in [3.05, 3.63) is 170 Å². The van der Waals surface area contributed by atoms with E-state index in [4.69, 9.17) is 14.4 Å². The number of para-hydroxylation sites is 4. The molecule has 0 saturated heterocycles. The molecular weight excluding hydrogens is 649 g/mol. The average molecular weight is 677 g/mol. The highest BCUT2D eigenvalue weighted by Gasteiger charge is 2.25. The molecule has 8 aromatic carbocycles. The molecule has 0 aliphatic rings. The topological polar surface area (TPSA) is 48.8 Å². The number of benzene rings is 8. The SMILES string of the molecule is c1ccc(-n2c3c(ccc4c5ccccc5oc43)c3ccc4c5ccccc5n(-c5nc(-c6cccc7ccccc67)c6ccccc6n5)c4c32)cc1. The minimum absolute atomic E-state index is 0.629. The number of fused-ring (bicyclic) bond motifs is 13. The van der Waals surface area contributed by atoms with Crippen LogP contribution in [0.2, 0.25) is 0 Å². The van der Waals surface area contributed by atoms with Crippen LogP contribution >= 0.6 is 0 Å². The van der Waals surface area contributed by atoms with Crippen LogP contribution in [-0.4, -0.2) is 19.1 Å². The van der Waals surface area contributed by atoms with Crippen molar-refractivity contribution in [3.8, 4) is 22.9 Å². The summed E-state index contributed by atoms with van der Waals surface area (Å²) >= 11 is 0. The zero-order valence-electron chi connectivity index (χ0n) is 28.4. The molecule has 4 aromatic heterocycles. The van der Waals surface area contributed by atoms with E-state index in [1.807, 2.05) is 6.07 Å². The first-order chi connectivity index (χ1) is 26.3. The summed E-state index contributed by atoms with van der Waals surface area (Å²) in [6.45, 7) is 0. The number of aromatic nitrogens is 4. The lowest BCUT2D eigenvalue weighted by molar-refractivity contribution is 0.671. The van der Waals surface area contributed by atoms with E-state index in [1.54, 1.807) is 0 Å². The fraction of sp³-hybridized carbons (Fsp3) is 0. The zero-order chi connectivity index (χ0) is 34.6. The van der Waals surface area contributed by atoms with Crippen molar-refractivity contribution in [2.75, 3.05) is 0 Å². The molecule has 0 saturated carbocycles. The van der Waals surface area contributed by atoms with Gasteiger partial charge in [0.15, 0.2) is 5.58 Å². The maximum atomic E-state index is 6.74. The fourth-order valence-electron chi connectivity index (χ4n) is 8.65. The fourth-order valence-corrected chi connectivity index (χ4v) is 8.65. The van der Waals surface area contributed by atoms with Crippen LogP contribution in [0.25, 0.3) is 110 Å². The molecular formula is C48H28N4O. The summed E-state index contributed by atoms with van der Waals surface area (Å²) in [4.78, 5) is 10.9. The van der Waals surface area contributed by atoms with Gasteiger partial charge in [-0.25, -0.2) is 9.97 Å². The van der Waals surface area contributed by atoms with Gasteiger partial charge in [-0.15, -0.1) is 0 Å². The zero-order valence-corrected chi connectivity index (χ0v) is 28.4. The van der Waals surface area contributed by atoms with Gasteiger partial charge in [0.1, 0.15) is 5.58 Å². The molecule has 0 radical (unpaired) electrons. The molecule has 0 aliphatic carbocycles. The third-order valence-electron chi connectivity index (χ3n) is 10.9. The van der Waals surface area contributed by atoms with E-state index < -0.39 is 0 Å². The van der Waals surface area contributed by atoms with Crippen molar-refractivity contribution in [1.29, 1.82) is 0 Å². The van der Waals surface area contributed by atoms with Crippen molar-refractivity contribution in [2.45, 2.75) is 0 Å². The Bertz CT molecular complexity index is 3450. The first kappa shape index (κ1) is 28.5. The van der Waals surface area contributed by atoms with E-state index in [2.05, 4.69) is 173 Å². The Hall–Kier alpha value is -7.24. The minimum Gasteiger partial charge on any atom is -0.454 e. The number of hydrogen-bond donors (Lipinski definition) is 0. The third kappa shape index (κ3) is 3.91. The summed E-state index contributed by atoms with van der Waals surface area (Å²) in [5.74, 6) is 0.629. The number of hydrogen-bond acceptors (Lipinski definition) is 3. The number of nitrogens with zero attached hydrogens (tertiary/aromatic N) is 4. The van der Waals surface area contributed by atoms with Crippen LogP contribution in [0.1, 0.15) is 0 Å². The predicted molar refractivity (Wildman–Crippen MR) is 218 cm³/mol. The van der Waals surface area contributed by atoms with Crippen LogP contribution in [0.5, 0.6) is 0 Å². The van der Waals surface area contributed by atoms with Gasteiger partial charge in [-0.1, -0.05) is 133 Å². The summed E-state index contributed by atoms with van der Waals surface area (Å²) in [6, 6.07) is 59.9. The Morgan fingerprint density at radius 3 is 1.89 bits per heavy atom. The van der Waals surface area contributed by atoms with Gasteiger partial charge >= 0.3 is 0 Å². The molecule has 12 rings (SSSR count). The van der Waals surface area contributed by atoms with Gasteiger partial charge in [-0.3, -0.25) is 4.57 Å². The summed E-state index contributed by atoms with van der Waals surface area (Å²) in [5, 5.41) is 10.1. The van der Waals surface area contributed by atoms with Gasteiger partial charge in [-0.2, -0.15) is 0 Å². The van der Waals surface area contributed by atoms with Crippen LogP contribution < -0.4 is 0 Å². The van der Waals surface area contributed by atoms with Gasteiger partial charge in [0.05, 0.1) is 33.3 Å². The predicted octanol–water partition coefficient (Wildman–Crippen LogP) is 12.5. The van der Waals surface area contributed by atoms with E-state index >= 15 is 0 Å². The first-order valence-corrected chi connectivity index (χ1v) is 17.9. The molecule has 12 aromatic rings. The molecule has 0 amide bonds. The molecule has 0 aliphatic heterocycles. The van der Waals surface area contributed by atoms with Gasteiger partial charge in [0, 0.05) is 49.0 Å². The van der Waals surface area contributed by atoms with Crippen molar-refractivity contribution < 1.29 is 4.42 Å². The van der Waals surface area contributed by atoms with E-state index in [1.165, 1.54) is 5.39 Å². The Morgan fingerprint density at radius 1 is 0.396 bits per heavy atom. The Morgan fingerprint density at radius 2 is 1.02 bits per heavy atom. The van der Waals surface area contributed by atoms with Gasteiger partial charge in [0.25, 0.3) is 0 Å². The lowest BCUT2D eigenvalue weighted by Crippen LogP contribution is -2.05. The van der Waals surface area contributed by atoms with Crippen molar-refractivity contribution in [2.24, 2.45) is 0 Å². The van der Waals surface area contributed by atoms with Crippen molar-refractivity contribution in [1.82, 2.24) is 19.1 Å². The van der Waals surface area contributed by atoms with Crippen molar-refractivity contribution >= 4 is 87.2 Å². The van der Waals surface area contributed by atoms with Crippen LogP contribution in [0.4, 0.5) is 0 Å². The molecule has 0 spiro atoms. The average Bonchev–Trinajstić information content (AvgIpc) is 3.88. The van der Waals surface area contributed by atoms with Gasteiger partial charge < -0.3 is 8.98 Å². The molecule has 5 nitrogen and oxygen atoms in total. The molecule has 0 N–H and O–H groups in total. The lowest BCUT2D eigenvalue weighted by Gasteiger charge is -2.14. The van der Waals surface area contributed by atoms with Gasteiger partial charge in [0.2, 0.25) is 5.95 Å². The second kappa shape index (κ2) is 10.6. The van der Waals surface area contributed by atoms with Crippen LogP contribution in [0, 0.1) is 0 Å². The molecule has 0 unspecified atom stereocenters. The second-order valence-corrected chi connectivity index (χ2v) is 13.7. The Kier molecular flexibility index (Phi) is 5.71. The summed E-state index contributed by atoms with van der Waals surface area (Å²) < 4.78 is 11.4. The highest BCUT2D eigenvalue weighted by Crippen LogP contribution is 2.45. The van der Waals surface area contributed by atoms with Gasteiger partial charge in [-0.05, 0) is 47.2 Å². The largest absolute Gasteiger partial charge is 0.454 e. The Balaban J connectivity index is 1.29. The van der Waals surface area contributed by atoms with E-state index in [9.17, 15) is 0 Å². The molecule has 246 valence electrons. The monoisotopic (exact) mass is 676 g/mol. The van der Waals surface area contributed by atoms with Crippen LogP contribution in [-0.2, 0) is 0 Å². The normalized spacial score (nSPS) is 12.2. The lowest BCUT2D eigenvalue weighted by atomic mass is 9.99. The highest BCUT2D eigenvalue weighted by molar-refractivity contribution is 6.27. The molecule has 5 heteroatoms. The molecule has 0 fully saturated rings. The standard InChI is InChI=1S/C48H28N4O/c1-2-15-30(16-3-1)51-44-36(37-27-28-38-33-19-8-11-24-42(33)53-47(38)46(37)51)26-25-35-32-18-7-10-23-41(32)52(45(35)44)48-49-40-22-9-6-20-39(40)43(50-48)34-21-12-14-29-13-4-5-17-31(29)34/h1-28H. The molecule has 0 bridgehead atoms. The van der Waals surface area contributed by atoms with Crippen molar-refractivity contribution in [3.63, 3.8) is 0 Å². The molecule has 0 atom stereocenters. The number of rotatable bonds is 3. The maximum Gasteiger partial charge on any atom is 0.235 e. The minimum atomic E-state index is 0.629. The van der Waals surface area contributed by atoms with E-state index in [0.717, 1.165) is 98.8 Å². The quantitative estimate of drug-likeness (QED) is 0.187. The summed E-state index contributed by atoms with van der Waals surface area (Å²) in [7, 11) is 0. The summed E-state index contributed by atoms with van der Waals surface area (Å²) in [5.41, 5.74) is 9.92. The highest BCUT2D eigenvalue weighted by atomic mass is 16.3. The number of furan rings is 1. The molecule has 53 heavy (non-hydrogen) atoms. The third-order valence-corrected chi connectivity index (χ3v) is 10.9. The second-order valence-electron chi connectivity index (χ2n) is 13.7. The maximum absolute atomic E-state index is 6.74. The first-order valence-electron chi connectivity index (χ1n) is 17.9.